The number of rotatable bonds is 3. The minimum Gasteiger partial charge on any atom is -0.315 e. The van der Waals surface area contributed by atoms with Crippen LogP contribution in [-0.2, 0) is 6.54 Å². The van der Waals surface area contributed by atoms with Crippen molar-refractivity contribution in [2.75, 3.05) is 6.54 Å². The fourth-order valence-electron chi connectivity index (χ4n) is 0.670. The van der Waals surface area contributed by atoms with E-state index in [-0.39, 0.29) is 4.87 Å². The molecule has 58 valence electrons. The van der Waals surface area contributed by atoms with Gasteiger partial charge in [0.2, 0.25) is 0 Å². The second-order valence-electron chi connectivity index (χ2n) is 1.98. The molecular formula is C7H8N2OS. The first-order valence-corrected chi connectivity index (χ1v) is 4.02. The zero-order chi connectivity index (χ0) is 8.10. The second kappa shape index (κ2) is 3.96. The fourth-order valence-corrected chi connectivity index (χ4v) is 1.25. The molecule has 0 aliphatic carbocycles. The summed E-state index contributed by atoms with van der Waals surface area (Å²) >= 11 is 1.16. The van der Waals surface area contributed by atoms with E-state index in [1.807, 2.05) is 0 Å². The number of terminal acetylenes is 1. The van der Waals surface area contributed by atoms with E-state index in [0.717, 1.165) is 17.0 Å². The third kappa shape index (κ3) is 2.58. The highest BCUT2D eigenvalue weighted by Crippen LogP contribution is 1.93. The standard InChI is InChI=1S/C7H8N2OS/c1-2-3-8-4-6-5-11-7(10)9-6/h1,5,8H,3-4H2,(H,9,10). The summed E-state index contributed by atoms with van der Waals surface area (Å²) in [6.07, 6.45) is 5.02. The van der Waals surface area contributed by atoms with Gasteiger partial charge in [0.15, 0.2) is 0 Å². The molecule has 1 rings (SSSR count). The predicted octanol–water partition coefficient (Wildman–Crippen LogP) is 0.159. The number of nitrogens with one attached hydrogen (secondary N) is 2. The molecule has 2 N–H and O–H groups in total. The Kier molecular flexibility index (Phi) is 2.90. The normalized spacial score (nSPS) is 9.36. The van der Waals surface area contributed by atoms with Crippen molar-refractivity contribution in [3.63, 3.8) is 0 Å². The lowest BCUT2D eigenvalue weighted by atomic mass is 10.5. The number of H-pyrrole nitrogens is 1. The molecule has 0 saturated carbocycles. The van der Waals surface area contributed by atoms with Crippen LogP contribution in [-0.4, -0.2) is 11.5 Å². The molecule has 11 heavy (non-hydrogen) atoms. The number of hydrogen-bond acceptors (Lipinski definition) is 3. The van der Waals surface area contributed by atoms with E-state index in [0.29, 0.717) is 13.1 Å². The van der Waals surface area contributed by atoms with Crippen molar-refractivity contribution < 1.29 is 0 Å². The van der Waals surface area contributed by atoms with Gasteiger partial charge in [0, 0.05) is 17.6 Å². The van der Waals surface area contributed by atoms with Gasteiger partial charge >= 0.3 is 4.87 Å². The van der Waals surface area contributed by atoms with Gasteiger partial charge in [-0.05, 0) is 0 Å². The molecule has 1 aromatic heterocycles. The molecule has 0 atom stereocenters. The Hall–Kier alpha value is -1.05. The van der Waals surface area contributed by atoms with Gasteiger partial charge in [-0.15, -0.1) is 6.42 Å². The van der Waals surface area contributed by atoms with Crippen LogP contribution in [0.2, 0.25) is 0 Å². The highest BCUT2D eigenvalue weighted by molar-refractivity contribution is 7.07. The summed E-state index contributed by atoms with van der Waals surface area (Å²) < 4.78 is 0. The van der Waals surface area contributed by atoms with E-state index < -0.39 is 0 Å². The van der Waals surface area contributed by atoms with Crippen LogP contribution in [0.25, 0.3) is 0 Å². The van der Waals surface area contributed by atoms with Crippen LogP contribution in [0, 0.1) is 12.3 Å². The molecule has 0 aliphatic heterocycles. The quantitative estimate of drug-likeness (QED) is 0.499. The Balaban J connectivity index is 2.40. The van der Waals surface area contributed by atoms with Gasteiger partial charge < -0.3 is 10.3 Å². The topological polar surface area (TPSA) is 44.9 Å². The highest BCUT2D eigenvalue weighted by atomic mass is 32.1. The van der Waals surface area contributed by atoms with Crippen LogP contribution in [0.3, 0.4) is 0 Å². The summed E-state index contributed by atoms with van der Waals surface area (Å²) in [4.78, 5) is 13.3. The van der Waals surface area contributed by atoms with Crippen molar-refractivity contribution in [2.24, 2.45) is 0 Å². The summed E-state index contributed by atoms with van der Waals surface area (Å²) in [6, 6.07) is 0. The van der Waals surface area contributed by atoms with Crippen LogP contribution in [0.15, 0.2) is 10.2 Å². The van der Waals surface area contributed by atoms with Crippen molar-refractivity contribution >= 4 is 11.3 Å². The first-order chi connectivity index (χ1) is 5.33. The average molecular weight is 168 g/mol. The SMILES string of the molecule is C#CCNCc1csc(=O)[nH]1. The Morgan fingerprint density at radius 1 is 1.82 bits per heavy atom. The Labute approximate surface area is 68.5 Å². The van der Waals surface area contributed by atoms with Crippen molar-refractivity contribution in [1.82, 2.24) is 10.3 Å². The molecule has 3 nitrogen and oxygen atoms in total. The molecule has 0 radical (unpaired) electrons. The smallest absolute Gasteiger partial charge is 0.304 e. The number of aromatic nitrogens is 1. The number of thiazole rings is 1. The highest BCUT2D eigenvalue weighted by Gasteiger charge is 1.93. The van der Waals surface area contributed by atoms with Gasteiger partial charge in [0.25, 0.3) is 0 Å². The van der Waals surface area contributed by atoms with E-state index in [2.05, 4.69) is 16.2 Å². The minimum atomic E-state index is -0.0255. The van der Waals surface area contributed by atoms with Crippen LogP contribution in [0.4, 0.5) is 0 Å². The lowest BCUT2D eigenvalue weighted by Crippen LogP contribution is -2.13. The van der Waals surface area contributed by atoms with Gasteiger partial charge in [-0.3, -0.25) is 4.79 Å². The molecule has 0 bridgehead atoms. The van der Waals surface area contributed by atoms with Gasteiger partial charge in [-0.25, -0.2) is 0 Å². The van der Waals surface area contributed by atoms with Crippen molar-refractivity contribution in [3.05, 3.63) is 20.7 Å². The average Bonchev–Trinajstić information content (AvgIpc) is 2.37. The molecule has 0 spiro atoms. The maximum absolute atomic E-state index is 10.6. The maximum atomic E-state index is 10.6. The summed E-state index contributed by atoms with van der Waals surface area (Å²) in [5.41, 5.74) is 0.884. The number of hydrogen-bond donors (Lipinski definition) is 2. The van der Waals surface area contributed by atoms with E-state index in [4.69, 9.17) is 6.42 Å². The molecular weight excluding hydrogens is 160 g/mol. The second-order valence-corrected chi connectivity index (χ2v) is 2.82. The predicted molar refractivity (Wildman–Crippen MR) is 45.5 cm³/mol. The van der Waals surface area contributed by atoms with Crippen molar-refractivity contribution in [1.29, 1.82) is 0 Å². The van der Waals surface area contributed by atoms with Gasteiger partial charge in [-0.2, -0.15) is 0 Å². The first kappa shape index (κ1) is 8.05. The molecule has 0 aromatic carbocycles. The molecule has 0 saturated heterocycles. The summed E-state index contributed by atoms with van der Waals surface area (Å²) in [5, 5.41) is 4.75. The molecule has 1 heterocycles. The first-order valence-electron chi connectivity index (χ1n) is 3.14. The third-order valence-electron chi connectivity index (χ3n) is 1.11. The summed E-state index contributed by atoms with van der Waals surface area (Å²) in [6.45, 7) is 1.15. The minimum absolute atomic E-state index is 0.0255. The fraction of sp³-hybridized carbons (Fsp3) is 0.286. The molecule has 0 aliphatic rings. The molecule has 1 aromatic rings. The van der Waals surface area contributed by atoms with Crippen LogP contribution in [0.1, 0.15) is 5.69 Å². The van der Waals surface area contributed by atoms with Crippen LogP contribution < -0.4 is 10.2 Å². The van der Waals surface area contributed by atoms with Gasteiger partial charge in [0.05, 0.1) is 6.54 Å². The van der Waals surface area contributed by atoms with E-state index in [1.165, 1.54) is 0 Å². The van der Waals surface area contributed by atoms with Crippen molar-refractivity contribution in [3.8, 4) is 12.3 Å². The third-order valence-corrected chi connectivity index (χ3v) is 1.83. The maximum Gasteiger partial charge on any atom is 0.304 e. The molecule has 0 unspecified atom stereocenters. The van der Waals surface area contributed by atoms with E-state index >= 15 is 0 Å². The van der Waals surface area contributed by atoms with Crippen LogP contribution >= 0.6 is 11.3 Å². The molecule has 0 amide bonds. The summed E-state index contributed by atoms with van der Waals surface area (Å²) in [5.74, 6) is 2.45. The van der Waals surface area contributed by atoms with Gasteiger partial charge in [0.1, 0.15) is 0 Å². The zero-order valence-electron chi connectivity index (χ0n) is 5.89. The Morgan fingerprint density at radius 3 is 3.18 bits per heavy atom. The van der Waals surface area contributed by atoms with E-state index in [9.17, 15) is 4.79 Å². The monoisotopic (exact) mass is 168 g/mol. The number of aromatic amines is 1. The summed E-state index contributed by atoms with van der Waals surface area (Å²) in [7, 11) is 0. The Morgan fingerprint density at radius 2 is 2.64 bits per heavy atom. The Bertz CT molecular complexity index is 307. The largest absolute Gasteiger partial charge is 0.315 e. The molecule has 0 fully saturated rings. The van der Waals surface area contributed by atoms with E-state index in [1.54, 1.807) is 5.38 Å². The molecule has 4 heteroatoms. The van der Waals surface area contributed by atoms with Crippen LogP contribution in [0.5, 0.6) is 0 Å². The van der Waals surface area contributed by atoms with Crippen molar-refractivity contribution in [2.45, 2.75) is 6.54 Å². The lowest BCUT2D eigenvalue weighted by molar-refractivity contribution is 0.752. The lowest BCUT2D eigenvalue weighted by Gasteiger charge is -1.94. The van der Waals surface area contributed by atoms with Gasteiger partial charge in [-0.1, -0.05) is 17.3 Å². The zero-order valence-corrected chi connectivity index (χ0v) is 6.70.